The van der Waals surface area contributed by atoms with Gasteiger partial charge in [-0.25, -0.2) is 0 Å². The quantitative estimate of drug-likeness (QED) is 0.513. The third-order valence-corrected chi connectivity index (χ3v) is 7.06. The number of hydrogen-bond donors (Lipinski definition) is 1. The van der Waals surface area contributed by atoms with Crippen LogP contribution in [0.15, 0.2) is 40.9 Å². The first kappa shape index (κ1) is 24.4. The van der Waals surface area contributed by atoms with E-state index < -0.39 is 0 Å². The van der Waals surface area contributed by atoms with Gasteiger partial charge in [0.15, 0.2) is 0 Å². The van der Waals surface area contributed by atoms with Gasteiger partial charge in [0.25, 0.3) is 5.89 Å². The lowest BCUT2D eigenvalue weighted by atomic mass is 10.0. The fourth-order valence-corrected chi connectivity index (χ4v) is 5.10. The number of aromatic nitrogens is 2. The lowest BCUT2D eigenvalue weighted by molar-refractivity contribution is 0.153. The van der Waals surface area contributed by atoms with E-state index in [4.69, 9.17) is 9.26 Å². The van der Waals surface area contributed by atoms with Gasteiger partial charge >= 0.3 is 0 Å². The minimum atomic E-state index is -0.0109. The molecule has 0 amide bonds. The van der Waals surface area contributed by atoms with Crippen LogP contribution < -0.4 is 10.1 Å². The predicted octanol–water partition coefficient (Wildman–Crippen LogP) is 3.89. The van der Waals surface area contributed by atoms with E-state index in [1.807, 2.05) is 19.9 Å². The van der Waals surface area contributed by atoms with Crippen molar-refractivity contribution in [2.24, 2.45) is 0 Å². The zero-order chi connectivity index (χ0) is 25.1. The lowest BCUT2D eigenvalue weighted by Gasteiger charge is -2.32. The molecule has 5 rings (SSSR count). The molecule has 1 unspecified atom stereocenters. The number of nitrogens with zero attached hydrogens (tertiary/aromatic N) is 5. The second kappa shape index (κ2) is 10.8. The molecular formula is C28H34N6O2. The van der Waals surface area contributed by atoms with Crippen LogP contribution in [0.4, 0.5) is 0 Å². The fraction of sp³-hybridized carbons (Fsp3) is 0.464. The average molecular weight is 487 g/mol. The Morgan fingerprint density at radius 1 is 1.19 bits per heavy atom. The number of hydrogen-bond acceptors (Lipinski definition) is 8. The van der Waals surface area contributed by atoms with Crippen LogP contribution in [0, 0.1) is 11.3 Å². The van der Waals surface area contributed by atoms with Crippen molar-refractivity contribution in [2.75, 3.05) is 46.3 Å². The number of likely N-dealkylation sites (N-methyl/N-ethyl adjacent to an activating group) is 1. The van der Waals surface area contributed by atoms with Crippen LogP contribution in [0.3, 0.4) is 0 Å². The molecule has 1 aliphatic carbocycles. The fourth-order valence-electron chi connectivity index (χ4n) is 5.10. The highest BCUT2D eigenvalue weighted by molar-refractivity contribution is 5.67. The van der Waals surface area contributed by atoms with Gasteiger partial charge in [0, 0.05) is 56.4 Å². The van der Waals surface area contributed by atoms with Crippen LogP contribution in [-0.4, -0.2) is 72.4 Å². The highest BCUT2D eigenvalue weighted by Crippen LogP contribution is 2.37. The maximum Gasteiger partial charge on any atom is 0.258 e. The SMILES string of the molecule is CC(C)Oc1ccc(-c2nc(-c3cccc4c3CCC4NCCN3CCN(C)CC3)no2)cc1C#N. The molecule has 8 nitrogen and oxygen atoms in total. The summed E-state index contributed by atoms with van der Waals surface area (Å²) in [5.41, 5.74) is 4.80. The Kier molecular flexibility index (Phi) is 7.33. The molecule has 0 radical (unpaired) electrons. The summed E-state index contributed by atoms with van der Waals surface area (Å²) < 4.78 is 11.3. The van der Waals surface area contributed by atoms with Crippen LogP contribution >= 0.6 is 0 Å². The number of piperazine rings is 1. The van der Waals surface area contributed by atoms with Crippen LogP contribution in [-0.2, 0) is 6.42 Å². The second-order valence-corrected chi connectivity index (χ2v) is 9.98. The van der Waals surface area contributed by atoms with Gasteiger partial charge in [-0.1, -0.05) is 23.4 Å². The number of fused-ring (bicyclic) bond motifs is 1. The maximum atomic E-state index is 9.56. The topological polar surface area (TPSA) is 90.4 Å². The van der Waals surface area contributed by atoms with Gasteiger partial charge in [-0.05, 0) is 63.1 Å². The highest BCUT2D eigenvalue weighted by Gasteiger charge is 2.26. The van der Waals surface area contributed by atoms with Crippen molar-refractivity contribution < 1.29 is 9.26 Å². The molecular weight excluding hydrogens is 452 g/mol. The molecule has 1 fully saturated rings. The van der Waals surface area contributed by atoms with Crippen molar-refractivity contribution in [2.45, 2.75) is 38.8 Å². The third kappa shape index (κ3) is 5.29. The predicted molar refractivity (Wildman–Crippen MR) is 139 cm³/mol. The van der Waals surface area contributed by atoms with E-state index in [-0.39, 0.29) is 6.10 Å². The molecule has 188 valence electrons. The number of nitrogens with one attached hydrogen (secondary N) is 1. The van der Waals surface area contributed by atoms with E-state index >= 15 is 0 Å². The van der Waals surface area contributed by atoms with Gasteiger partial charge in [0.1, 0.15) is 11.8 Å². The van der Waals surface area contributed by atoms with Crippen LogP contribution in [0.5, 0.6) is 5.75 Å². The van der Waals surface area contributed by atoms with Crippen molar-refractivity contribution >= 4 is 0 Å². The smallest absolute Gasteiger partial charge is 0.258 e. The first-order chi connectivity index (χ1) is 17.5. The molecule has 1 saturated heterocycles. The summed E-state index contributed by atoms with van der Waals surface area (Å²) in [5.74, 6) is 1.54. The first-order valence-corrected chi connectivity index (χ1v) is 12.8. The van der Waals surface area contributed by atoms with E-state index in [0.717, 1.165) is 57.7 Å². The summed E-state index contributed by atoms with van der Waals surface area (Å²) in [6.45, 7) is 10.5. The molecule has 36 heavy (non-hydrogen) atoms. The maximum absolute atomic E-state index is 9.56. The van der Waals surface area contributed by atoms with Crippen molar-refractivity contribution in [3.8, 4) is 34.7 Å². The summed E-state index contributed by atoms with van der Waals surface area (Å²) in [4.78, 5) is 9.62. The largest absolute Gasteiger partial charge is 0.490 e. The van der Waals surface area contributed by atoms with Crippen molar-refractivity contribution in [3.05, 3.63) is 53.1 Å². The molecule has 8 heteroatoms. The number of nitriles is 1. The number of rotatable bonds is 8. The molecule has 1 aliphatic heterocycles. The van der Waals surface area contributed by atoms with Gasteiger partial charge in [-0.3, -0.25) is 4.90 Å². The second-order valence-electron chi connectivity index (χ2n) is 9.98. The average Bonchev–Trinajstić information content (AvgIpc) is 3.53. The van der Waals surface area contributed by atoms with E-state index in [2.05, 4.69) is 56.6 Å². The third-order valence-electron chi connectivity index (χ3n) is 7.06. The Hall–Kier alpha value is -3.25. The zero-order valence-electron chi connectivity index (χ0n) is 21.3. The Balaban J connectivity index is 1.29. The van der Waals surface area contributed by atoms with Gasteiger partial charge in [-0.15, -0.1) is 0 Å². The molecule has 1 N–H and O–H groups in total. The standard InChI is InChI=1S/C28H34N6O2/c1-19(2)35-26-10-7-20(17-21(26)18-29)28-31-27(32-36-28)24-6-4-5-23-22(24)8-9-25(23)30-11-12-34-15-13-33(3)14-16-34/h4-7,10,17,19,25,30H,8-9,11-16H2,1-3H3. The molecule has 2 aromatic carbocycles. The van der Waals surface area contributed by atoms with Crippen molar-refractivity contribution in [1.82, 2.24) is 25.3 Å². The van der Waals surface area contributed by atoms with Gasteiger partial charge in [0.2, 0.25) is 5.82 Å². The van der Waals surface area contributed by atoms with E-state index in [9.17, 15) is 5.26 Å². The molecule has 1 aromatic heterocycles. The Morgan fingerprint density at radius 2 is 2.03 bits per heavy atom. The summed E-state index contributed by atoms with van der Waals surface area (Å²) in [5, 5.41) is 17.6. The van der Waals surface area contributed by atoms with Gasteiger partial charge in [0.05, 0.1) is 11.7 Å². The molecule has 1 atom stereocenters. The van der Waals surface area contributed by atoms with E-state index in [1.54, 1.807) is 12.1 Å². The minimum Gasteiger partial charge on any atom is -0.490 e. The monoisotopic (exact) mass is 486 g/mol. The molecule has 0 bridgehead atoms. The molecule has 0 saturated carbocycles. The summed E-state index contributed by atoms with van der Waals surface area (Å²) in [7, 11) is 2.19. The van der Waals surface area contributed by atoms with Gasteiger partial charge < -0.3 is 19.5 Å². The number of benzene rings is 2. The Bertz CT molecular complexity index is 1240. The van der Waals surface area contributed by atoms with Crippen molar-refractivity contribution in [3.63, 3.8) is 0 Å². The van der Waals surface area contributed by atoms with E-state index in [1.165, 1.54) is 11.1 Å². The van der Waals surface area contributed by atoms with Crippen LogP contribution in [0.25, 0.3) is 22.8 Å². The van der Waals surface area contributed by atoms with Crippen LogP contribution in [0.1, 0.15) is 43.0 Å². The zero-order valence-corrected chi connectivity index (χ0v) is 21.3. The summed E-state index contributed by atoms with van der Waals surface area (Å²) >= 11 is 0. The molecule has 2 aliphatic rings. The summed E-state index contributed by atoms with van der Waals surface area (Å²) in [6, 6.07) is 14.3. The Labute approximate surface area is 212 Å². The highest BCUT2D eigenvalue weighted by atomic mass is 16.5. The molecule has 2 heterocycles. The summed E-state index contributed by atoms with van der Waals surface area (Å²) in [6.07, 6.45) is 2.05. The van der Waals surface area contributed by atoms with E-state index in [0.29, 0.717) is 34.6 Å². The molecule has 3 aromatic rings. The Morgan fingerprint density at radius 3 is 2.81 bits per heavy atom. The number of ether oxygens (including phenoxy) is 1. The lowest BCUT2D eigenvalue weighted by Crippen LogP contribution is -2.46. The molecule has 0 spiro atoms. The van der Waals surface area contributed by atoms with Crippen molar-refractivity contribution in [1.29, 1.82) is 5.26 Å². The first-order valence-electron chi connectivity index (χ1n) is 12.8. The van der Waals surface area contributed by atoms with Crippen LogP contribution in [0.2, 0.25) is 0 Å². The normalized spacial score (nSPS) is 18.4. The van der Waals surface area contributed by atoms with Gasteiger partial charge in [-0.2, -0.15) is 10.2 Å². The minimum absolute atomic E-state index is 0.0109.